The molecule has 2 rings (SSSR count). The molecular formula is C18H26N2O4. The lowest BCUT2D eigenvalue weighted by molar-refractivity contribution is -0.150. The van der Waals surface area contributed by atoms with Crippen molar-refractivity contribution in [2.24, 2.45) is 0 Å². The van der Waals surface area contributed by atoms with E-state index in [2.05, 4.69) is 29.8 Å². The fourth-order valence-electron chi connectivity index (χ4n) is 2.71. The summed E-state index contributed by atoms with van der Waals surface area (Å²) in [6.45, 7) is 6.49. The third-order valence-electron chi connectivity index (χ3n) is 4.10. The molecule has 1 heterocycles. The van der Waals surface area contributed by atoms with Crippen LogP contribution in [0.15, 0.2) is 12.1 Å². The molecule has 1 fully saturated rings. The zero-order valence-electron chi connectivity index (χ0n) is 14.8. The first-order valence-corrected chi connectivity index (χ1v) is 8.27. The van der Waals surface area contributed by atoms with E-state index in [0.717, 1.165) is 11.3 Å². The van der Waals surface area contributed by atoms with E-state index in [9.17, 15) is 9.59 Å². The molecule has 1 saturated carbocycles. The maximum atomic E-state index is 11.9. The molecule has 6 heteroatoms. The number of methoxy groups -OCH3 is 1. The summed E-state index contributed by atoms with van der Waals surface area (Å²) in [6.07, 6.45) is 4.73. The SMILES string of the molecule is COCCNC(=O)[C@H](C)OC(=O)/C=C/c1cc(C)n(C2CC2)c1C. The predicted octanol–water partition coefficient (Wildman–Crippen LogP) is 2.15. The molecule has 1 amide bonds. The number of hydrogen-bond donors (Lipinski definition) is 1. The molecule has 0 saturated heterocycles. The predicted molar refractivity (Wildman–Crippen MR) is 91.7 cm³/mol. The van der Waals surface area contributed by atoms with E-state index in [0.29, 0.717) is 19.2 Å². The van der Waals surface area contributed by atoms with E-state index in [1.165, 1.54) is 24.6 Å². The summed E-state index contributed by atoms with van der Waals surface area (Å²) in [6, 6.07) is 2.67. The summed E-state index contributed by atoms with van der Waals surface area (Å²) in [5.74, 6) is -0.860. The van der Waals surface area contributed by atoms with Crippen LogP contribution in [0.5, 0.6) is 0 Å². The van der Waals surface area contributed by atoms with Crippen LogP contribution in [0.25, 0.3) is 6.08 Å². The highest BCUT2D eigenvalue weighted by Crippen LogP contribution is 2.38. The van der Waals surface area contributed by atoms with Crippen molar-refractivity contribution in [3.63, 3.8) is 0 Å². The summed E-state index contributed by atoms with van der Waals surface area (Å²) >= 11 is 0. The van der Waals surface area contributed by atoms with Crippen LogP contribution in [0, 0.1) is 13.8 Å². The maximum Gasteiger partial charge on any atom is 0.331 e. The molecule has 0 bridgehead atoms. The first kappa shape index (κ1) is 18.3. The smallest absolute Gasteiger partial charge is 0.331 e. The molecule has 132 valence electrons. The molecule has 1 N–H and O–H groups in total. The highest BCUT2D eigenvalue weighted by molar-refractivity contribution is 5.90. The lowest BCUT2D eigenvalue weighted by atomic mass is 10.2. The van der Waals surface area contributed by atoms with Gasteiger partial charge in [0.25, 0.3) is 5.91 Å². The van der Waals surface area contributed by atoms with E-state index in [1.807, 2.05) is 0 Å². The number of ether oxygens (including phenoxy) is 2. The Bertz CT molecular complexity index is 629. The van der Waals surface area contributed by atoms with Gasteiger partial charge in [-0.1, -0.05) is 0 Å². The minimum Gasteiger partial charge on any atom is -0.449 e. The van der Waals surface area contributed by atoms with Gasteiger partial charge in [0.1, 0.15) is 0 Å². The van der Waals surface area contributed by atoms with Crippen LogP contribution in [0.4, 0.5) is 0 Å². The minimum atomic E-state index is -0.835. The van der Waals surface area contributed by atoms with Crippen molar-refractivity contribution < 1.29 is 19.1 Å². The van der Waals surface area contributed by atoms with Crippen LogP contribution >= 0.6 is 0 Å². The fourth-order valence-corrected chi connectivity index (χ4v) is 2.71. The van der Waals surface area contributed by atoms with Crippen LogP contribution in [0.3, 0.4) is 0 Å². The van der Waals surface area contributed by atoms with Crippen LogP contribution in [-0.2, 0) is 19.1 Å². The standard InChI is InChI=1S/C18H26N2O4/c1-12-11-15(13(2)20(12)16-6-7-16)5-8-17(21)24-14(3)18(22)19-9-10-23-4/h5,8,11,14,16H,6-7,9-10H2,1-4H3,(H,19,22)/b8-5+/t14-/m0/s1. The molecule has 1 aliphatic rings. The number of esters is 1. The molecule has 24 heavy (non-hydrogen) atoms. The van der Waals surface area contributed by atoms with Gasteiger partial charge in [-0.25, -0.2) is 4.79 Å². The summed E-state index contributed by atoms with van der Waals surface area (Å²) in [5, 5.41) is 2.63. The number of hydrogen-bond acceptors (Lipinski definition) is 4. The molecule has 1 aromatic heterocycles. The molecule has 0 radical (unpaired) electrons. The summed E-state index contributed by atoms with van der Waals surface area (Å²) in [5.41, 5.74) is 3.37. The summed E-state index contributed by atoms with van der Waals surface area (Å²) in [4.78, 5) is 23.6. The Balaban J connectivity index is 1.89. The van der Waals surface area contributed by atoms with E-state index in [-0.39, 0.29) is 5.91 Å². The van der Waals surface area contributed by atoms with Gasteiger partial charge in [-0.15, -0.1) is 0 Å². The Morgan fingerprint density at radius 3 is 2.75 bits per heavy atom. The molecule has 0 aliphatic heterocycles. The number of amides is 1. The Hall–Kier alpha value is -2.08. The second-order valence-corrected chi connectivity index (χ2v) is 6.12. The van der Waals surface area contributed by atoms with Crippen LogP contribution < -0.4 is 5.32 Å². The van der Waals surface area contributed by atoms with Gasteiger partial charge in [0.2, 0.25) is 0 Å². The molecule has 6 nitrogen and oxygen atoms in total. The third kappa shape index (κ3) is 4.71. The Labute approximate surface area is 142 Å². The molecule has 1 atom stereocenters. The quantitative estimate of drug-likeness (QED) is 0.449. The number of rotatable bonds is 8. The van der Waals surface area contributed by atoms with Gasteiger partial charge >= 0.3 is 5.97 Å². The summed E-state index contributed by atoms with van der Waals surface area (Å²) < 4.78 is 12.3. The topological polar surface area (TPSA) is 69.6 Å². The van der Waals surface area contributed by atoms with Gasteiger partial charge in [0, 0.05) is 37.2 Å². The van der Waals surface area contributed by atoms with Gasteiger partial charge in [-0.2, -0.15) is 0 Å². The van der Waals surface area contributed by atoms with Crippen molar-refractivity contribution in [1.82, 2.24) is 9.88 Å². The average molecular weight is 334 g/mol. The highest BCUT2D eigenvalue weighted by atomic mass is 16.5. The van der Waals surface area contributed by atoms with Crippen molar-refractivity contribution in [1.29, 1.82) is 0 Å². The molecular weight excluding hydrogens is 308 g/mol. The van der Waals surface area contributed by atoms with E-state index < -0.39 is 12.1 Å². The van der Waals surface area contributed by atoms with Crippen molar-refractivity contribution in [3.8, 4) is 0 Å². The molecule has 0 spiro atoms. The lowest BCUT2D eigenvalue weighted by Gasteiger charge is -2.11. The normalized spacial score (nSPS) is 15.5. The second kappa shape index (κ2) is 8.15. The van der Waals surface area contributed by atoms with E-state index >= 15 is 0 Å². The summed E-state index contributed by atoms with van der Waals surface area (Å²) in [7, 11) is 1.56. The second-order valence-electron chi connectivity index (χ2n) is 6.12. The Kier molecular flexibility index (Phi) is 6.20. The van der Waals surface area contributed by atoms with Crippen LogP contribution in [0.1, 0.15) is 42.8 Å². The van der Waals surface area contributed by atoms with E-state index in [1.54, 1.807) is 20.1 Å². The van der Waals surface area contributed by atoms with E-state index in [4.69, 9.17) is 9.47 Å². The van der Waals surface area contributed by atoms with Crippen LogP contribution in [0.2, 0.25) is 0 Å². The van der Waals surface area contributed by atoms with Gasteiger partial charge in [-0.3, -0.25) is 4.79 Å². The lowest BCUT2D eigenvalue weighted by Crippen LogP contribution is -2.37. The number of carbonyl (C=O) groups excluding carboxylic acids is 2. The zero-order valence-corrected chi connectivity index (χ0v) is 14.8. The number of nitrogens with zero attached hydrogens (tertiary/aromatic N) is 1. The number of aromatic nitrogens is 1. The monoisotopic (exact) mass is 334 g/mol. The molecule has 1 aliphatic carbocycles. The number of carbonyl (C=O) groups is 2. The van der Waals surface area contributed by atoms with Crippen molar-refractivity contribution >= 4 is 18.0 Å². The first-order chi connectivity index (χ1) is 11.4. The Morgan fingerprint density at radius 1 is 1.42 bits per heavy atom. The first-order valence-electron chi connectivity index (χ1n) is 8.27. The van der Waals surface area contributed by atoms with Gasteiger partial charge in [0.15, 0.2) is 6.10 Å². The fraction of sp³-hybridized carbons (Fsp3) is 0.556. The zero-order chi connectivity index (χ0) is 17.7. The Morgan fingerprint density at radius 2 is 2.12 bits per heavy atom. The van der Waals surface area contributed by atoms with Crippen LogP contribution in [-0.4, -0.2) is 42.8 Å². The largest absolute Gasteiger partial charge is 0.449 e. The maximum absolute atomic E-state index is 11.9. The third-order valence-corrected chi connectivity index (χ3v) is 4.10. The molecule has 0 aromatic carbocycles. The highest BCUT2D eigenvalue weighted by Gasteiger charge is 2.26. The molecule has 1 aromatic rings. The number of nitrogens with one attached hydrogen (secondary N) is 1. The van der Waals surface area contributed by atoms with Crippen molar-refractivity contribution in [2.75, 3.05) is 20.3 Å². The average Bonchev–Trinajstić information content (AvgIpc) is 3.31. The van der Waals surface area contributed by atoms with Crippen molar-refractivity contribution in [2.45, 2.75) is 45.8 Å². The molecule has 0 unspecified atom stereocenters. The van der Waals surface area contributed by atoms with Gasteiger partial charge in [-0.05, 0) is 51.3 Å². The minimum absolute atomic E-state index is 0.333. The number of aryl methyl sites for hydroxylation is 1. The van der Waals surface area contributed by atoms with Gasteiger partial charge < -0.3 is 19.4 Å². The van der Waals surface area contributed by atoms with Gasteiger partial charge in [0.05, 0.1) is 6.61 Å². The van der Waals surface area contributed by atoms with Crippen molar-refractivity contribution in [3.05, 3.63) is 29.1 Å².